The zero-order valence-electron chi connectivity index (χ0n) is 11.1. The minimum atomic E-state index is -0.252. The number of carbonyl (C=O) groups is 2. The average Bonchev–Trinajstić information content (AvgIpc) is 3.09. The van der Waals surface area contributed by atoms with Crippen LogP contribution in [0.1, 0.15) is 12.0 Å². The van der Waals surface area contributed by atoms with E-state index in [0.717, 1.165) is 5.00 Å². The SMILES string of the molecule is CN1CN(C2CCN(c3sccc3C#N)C2=O)CC1=O. The van der Waals surface area contributed by atoms with Crippen LogP contribution < -0.4 is 4.90 Å². The predicted octanol–water partition coefficient (Wildman–Crippen LogP) is 0.457. The van der Waals surface area contributed by atoms with E-state index in [1.165, 1.54) is 11.3 Å². The van der Waals surface area contributed by atoms with Gasteiger partial charge in [-0.3, -0.25) is 14.5 Å². The smallest absolute Gasteiger partial charge is 0.245 e. The number of rotatable bonds is 2. The van der Waals surface area contributed by atoms with Crippen LogP contribution in [0.4, 0.5) is 5.00 Å². The summed E-state index contributed by atoms with van der Waals surface area (Å²) in [5, 5.41) is 11.6. The highest BCUT2D eigenvalue weighted by Crippen LogP contribution is 2.32. The summed E-state index contributed by atoms with van der Waals surface area (Å²) >= 11 is 1.41. The number of hydrogen-bond donors (Lipinski definition) is 0. The molecule has 2 saturated heterocycles. The lowest BCUT2D eigenvalue weighted by Crippen LogP contribution is -2.41. The second kappa shape index (κ2) is 4.89. The van der Waals surface area contributed by atoms with Gasteiger partial charge in [0.2, 0.25) is 11.8 Å². The zero-order valence-corrected chi connectivity index (χ0v) is 11.9. The molecule has 7 heteroatoms. The van der Waals surface area contributed by atoms with Crippen molar-refractivity contribution in [2.24, 2.45) is 0 Å². The van der Waals surface area contributed by atoms with Gasteiger partial charge < -0.3 is 9.80 Å². The van der Waals surface area contributed by atoms with Crippen molar-refractivity contribution in [3.63, 3.8) is 0 Å². The maximum Gasteiger partial charge on any atom is 0.245 e. The van der Waals surface area contributed by atoms with Gasteiger partial charge in [0.25, 0.3) is 0 Å². The lowest BCUT2D eigenvalue weighted by Gasteiger charge is -2.21. The van der Waals surface area contributed by atoms with E-state index in [1.54, 1.807) is 22.9 Å². The normalized spacial score (nSPS) is 23.7. The molecule has 3 heterocycles. The Kier molecular flexibility index (Phi) is 3.20. The molecule has 0 radical (unpaired) electrons. The number of likely N-dealkylation sites (N-methyl/N-ethyl adjacent to an activating group) is 1. The zero-order chi connectivity index (χ0) is 14.3. The standard InChI is InChI=1S/C13H14N4O2S/c1-15-8-16(7-11(15)18)10-2-4-17(12(10)19)13-9(6-14)3-5-20-13/h3,5,10H,2,4,7-8H2,1H3. The van der Waals surface area contributed by atoms with Gasteiger partial charge in [0, 0.05) is 13.6 Å². The molecule has 0 spiro atoms. The molecule has 1 atom stereocenters. The second-order valence-electron chi connectivity index (χ2n) is 5.03. The monoisotopic (exact) mass is 290 g/mol. The van der Waals surface area contributed by atoms with Crippen molar-refractivity contribution < 1.29 is 9.59 Å². The molecular formula is C13H14N4O2S. The molecule has 2 aliphatic rings. The van der Waals surface area contributed by atoms with E-state index in [9.17, 15) is 9.59 Å². The molecule has 6 nitrogen and oxygen atoms in total. The van der Waals surface area contributed by atoms with Gasteiger partial charge in [-0.05, 0) is 17.9 Å². The van der Waals surface area contributed by atoms with Crippen molar-refractivity contribution in [3.05, 3.63) is 17.0 Å². The molecule has 1 unspecified atom stereocenters. The topological polar surface area (TPSA) is 67.7 Å². The highest BCUT2D eigenvalue weighted by atomic mass is 32.1. The lowest BCUT2D eigenvalue weighted by molar-refractivity contribution is -0.125. The van der Waals surface area contributed by atoms with Crippen LogP contribution in [0.3, 0.4) is 0 Å². The van der Waals surface area contributed by atoms with E-state index in [-0.39, 0.29) is 17.9 Å². The van der Waals surface area contributed by atoms with Crippen LogP contribution in [-0.4, -0.2) is 54.5 Å². The van der Waals surface area contributed by atoms with E-state index in [0.29, 0.717) is 31.7 Å². The van der Waals surface area contributed by atoms with Crippen LogP contribution in [-0.2, 0) is 9.59 Å². The Balaban J connectivity index is 1.78. The molecule has 2 fully saturated rings. The number of nitrogens with zero attached hydrogens (tertiary/aromatic N) is 4. The minimum absolute atomic E-state index is 0.00736. The summed E-state index contributed by atoms with van der Waals surface area (Å²) in [6, 6.07) is 3.59. The molecule has 104 valence electrons. The maximum absolute atomic E-state index is 12.5. The Morgan fingerprint density at radius 2 is 2.25 bits per heavy atom. The average molecular weight is 290 g/mol. The Morgan fingerprint density at radius 1 is 1.45 bits per heavy atom. The van der Waals surface area contributed by atoms with E-state index in [1.807, 2.05) is 10.3 Å². The van der Waals surface area contributed by atoms with Gasteiger partial charge >= 0.3 is 0 Å². The fourth-order valence-corrected chi connectivity index (χ4v) is 3.59. The molecular weight excluding hydrogens is 276 g/mol. The van der Waals surface area contributed by atoms with Crippen molar-refractivity contribution in [2.45, 2.75) is 12.5 Å². The summed E-state index contributed by atoms with van der Waals surface area (Å²) in [5.74, 6) is 0.0390. The first-order chi connectivity index (χ1) is 9.61. The van der Waals surface area contributed by atoms with Gasteiger partial charge in [0.15, 0.2) is 0 Å². The summed E-state index contributed by atoms with van der Waals surface area (Å²) in [7, 11) is 1.74. The third-order valence-corrected chi connectivity index (χ3v) is 4.72. The first kappa shape index (κ1) is 13.1. The molecule has 2 amide bonds. The fourth-order valence-electron chi connectivity index (χ4n) is 2.71. The van der Waals surface area contributed by atoms with Gasteiger partial charge in [-0.25, -0.2) is 0 Å². The third kappa shape index (κ3) is 1.97. The highest BCUT2D eigenvalue weighted by Gasteiger charge is 2.41. The summed E-state index contributed by atoms with van der Waals surface area (Å²) in [5.41, 5.74) is 0.540. The van der Waals surface area contributed by atoms with Crippen molar-refractivity contribution in [3.8, 4) is 6.07 Å². The first-order valence-corrected chi connectivity index (χ1v) is 7.26. The number of thiophene rings is 1. The molecule has 0 saturated carbocycles. The van der Waals surface area contributed by atoms with Gasteiger partial charge in [-0.1, -0.05) is 0 Å². The summed E-state index contributed by atoms with van der Waals surface area (Å²) in [4.78, 5) is 29.3. The summed E-state index contributed by atoms with van der Waals surface area (Å²) in [6.45, 7) is 1.40. The molecule has 0 N–H and O–H groups in total. The van der Waals surface area contributed by atoms with Crippen LogP contribution in [0.15, 0.2) is 11.4 Å². The molecule has 20 heavy (non-hydrogen) atoms. The molecule has 2 aliphatic heterocycles. The van der Waals surface area contributed by atoms with Gasteiger partial charge in [0.1, 0.15) is 11.1 Å². The van der Waals surface area contributed by atoms with Gasteiger partial charge in [-0.2, -0.15) is 5.26 Å². The van der Waals surface area contributed by atoms with E-state index >= 15 is 0 Å². The fraction of sp³-hybridized carbons (Fsp3) is 0.462. The van der Waals surface area contributed by atoms with Crippen molar-refractivity contribution in [1.82, 2.24) is 9.80 Å². The van der Waals surface area contributed by atoms with E-state index < -0.39 is 0 Å². The predicted molar refractivity (Wildman–Crippen MR) is 74.1 cm³/mol. The largest absolute Gasteiger partial charge is 0.332 e. The molecule has 0 aliphatic carbocycles. The van der Waals surface area contributed by atoms with Crippen molar-refractivity contribution >= 4 is 28.2 Å². The van der Waals surface area contributed by atoms with E-state index in [2.05, 4.69) is 6.07 Å². The van der Waals surface area contributed by atoms with Crippen LogP contribution in [0.25, 0.3) is 0 Å². The molecule has 1 aromatic heterocycles. The number of carbonyl (C=O) groups excluding carboxylic acids is 2. The van der Waals surface area contributed by atoms with Gasteiger partial charge in [-0.15, -0.1) is 11.3 Å². The Bertz CT molecular complexity index is 606. The van der Waals surface area contributed by atoms with Gasteiger partial charge in [0.05, 0.1) is 24.8 Å². The number of nitriles is 1. The quantitative estimate of drug-likeness (QED) is 0.793. The maximum atomic E-state index is 12.5. The number of anilines is 1. The third-order valence-electron chi connectivity index (χ3n) is 3.79. The number of amides is 2. The first-order valence-electron chi connectivity index (χ1n) is 6.39. The summed E-state index contributed by atoms with van der Waals surface area (Å²) < 4.78 is 0. The molecule has 0 aromatic carbocycles. The Labute approximate surface area is 120 Å². The second-order valence-corrected chi connectivity index (χ2v) is 5.92. The molecule has 1 aromatic rings. The van der Waals surface area contributed by atoms with Crippen LogP contribution in [0, 0.1) is 11.3 Å². The lowest BCUT2D eigenvalue weighted by atomic mass is 10.2. The van der Waals surface area contributed by atoms with Crippen LogP contribution in [0.5, 0.6) is 0 Å². The van der Waals surface area contributed by atoms with Crippen molar-refractivity contribution in [2.75, 3.05) is 31.7 Å². The number of hydrogen-bond acceptors (Lipinski definition) is 5. The molecule has 3 rings (SSSR count). The van der Waals surface area contributed by atoms with Crippen LogP contribution >= 0.6 is 11.3 Å². The Morgan fingerprint density at radius 3 is 2.90 bits per heavy atom. The van der Waals surface area contributed by atoms with Crippen LogP contribution in [0.2, 0.25) is 0 Å². The van der Waals surface area contributed by atoms with E-state index in [4.69, 9.17) is 5.26 Å². The van der Waals surface area contributed by atoms with Crippen molar-refractivity contribution in [1.29, 1.82) is 5.26 Å². The summed E-state index contributed by atoms with van der Waals surface area (Å²) in [6.07, 6.45) is 0.697. The highest BCUT2D eigenvalue weighted by molar-refractivity contribution is 7.14. The minimum Gasteiger partial charge on any atom is -0.332 e. The molecule has 0 bridgehead atoms. The Hall–Kier alpha value is -1.91.